The number of rotatable bonds is 4. The Morgan fingerprint density at radius 3 is 2.80 bits per heavy atom. The van der Waals surface area contributed by atoms with Crippen molar-refractivity contribution >= 4 is 21.3 Å². The van der Waals surface area contributed by atoms with Gasteiger partial charge in [0.25, 0.3) is 0 Å². The van der Waals surface area contributed by atoms with Crippen molar-refractivity contribution in [2.45, 2.75) is 13.0 Å². The molecule has 1 aromatic rings. The maximum atomic E-state index is 11.0. The summed E-state index contributed by atoms with van der Waals surface area (Å²) in [7, 11) is -3.00. The number of nitrogens with two attached hydrogens (primary N) is 1. The zero-order valence-corrected chi connectivity index (χ0v) is 9.45. The molecule has 1 aromatic heterocycles. The second kappa shape index (κ2) is 4.43. The van der Waals surface area contributed by atoms with Crippen molar-refractivity contribution in [3.8, 4) is 0 Å². The highest BCUT2D eigenvalue weighted by atomic mass is 32.2. The molecule has 1 rings (SSSR count). The van der Waals surface area contributed by atoms with E-state index in [1.807, 2.05) is 0 Å². The molecule has 0 aromatic carbocycles. The fourth-order valence-corrected chi connectivity index (χ4v) is 2.18. The lowest BCUT2D eigenvalue weighted by Gasteiger charge is -2.14. The van der Waals surface area contributed by atoms with Gasteiger partial charge in [-0.3, -0.25) is 0 Å². The summed E-state index contributed by atoms with van der Waals surface area (Å²) in [5.74, 6) is 0.498. The molecule has 84 valence electrons. The van der Waals surface area contributed by atoms with E-state index in [1.165, 1.54) is 18.8 Å². The quantitative estimate of drug-likeness (QED) is 0.749. The van der Waals surface area contributed by atoms with Crippen LogP contribution >= 0.6 is 0 Å². The van der Waals surface area contributed by atoms with Gasteiger partial charge in [-0.1, -0.05) is 0 Å². The average Bonchev–Trinajstić information content (AvgIpc) is 2.05. The van der Waals surface area contributed by atoms with E-state index in [-0.39, 0.29) is 11.8 Å². The van der Waals surface area contributed by atoms with Crippen molar-refractivity contribution in [2.75, 3.05) is 23.1 Å². The molecule has 0 spiro atoms. The predicted octanol–water partition coefficient (Wildman–Crippen LogP) is -0.0962. The molecule has 0 aliphatic heterocycles. The van der Waals surface area contributed by atoms with Gasteiger partial charge in [0.15, 0.2) is 5.82 Å². The fourth-order valence-electron chi connectivity index (χ4n) is 1.19. The number of nitrogens with one attached hydrogen (secondary N) is 1. The molecule has 15 heavy (non-hydrogen) atoms. The highest BCUT2D eigenvalue weighted by molar-refractivity contribution is 7.90. The number of aromatic nitrogens is 2. The van der Waals surface area contributed by atoms with Crippen LogP contribution in [0.15, 0.2) is 12.5 Å². The Morgan fingerprint density at radius 2 is 2.27 bits per heavy atom. The first-order valence-corrected chi connectivity index (χ1v) is 6.44. The largest absolute Gasteiger partial charge is 0.394 e. The Balaban J connectivity index is 2.67. The molecule has 3 N–H and O–H groups in total. The van der Waals surface area contributed by atoms with Crippen LogP contribution in [0.25, 0.3) is 0 Å². The Labute approximate surface area is 88.8 Å². The van der Waals surface area contributed by atoms with Gasteiger partial charge in [-0.05, 0) is 6.92 Å². The van der Waals surface area contributed by atoms with Gasteiger partial charge < -0.3 is 11.1 Å². The SMILES string of the molecule is CC(CS(C)(=O)=O)Nc1ncncc1N. The van der Waals surface area contributed by atoms with Crippen LogP contribution < -0.4 is 11.1 Å². The molecular weight excluding hydrogens is 216 g/mol. The number of anilines is 2. The van der Waals surface area contributed by atoms with Crippen LogP contribution in [0.4, 0.5) is 11.5 Å². The van der Waals surface area contributed by atoms with E-state index in [2.05, 4.69) is 15.3 Å². The Kier molecular flexibility index (Phi) is 3.46. The zero-order valence-electron chi connectivity index (χ0n) is 8.64. The number of nitrogens with zero attached hydrogens (tertiary/aromatic N) is 2. The molecule has 0 aliphatic carbocycles. The zero-order chi connectivity index (χ0) is 11.5. The van der Waals surface area contributed by atoms with E-state index in [0.717, 1.165) is 0 Å². The van der Waals surface area contributed by atoms with Crippen LogP contribution in [0, 0.1) is 0 Å². The van der Waals surface area contributed by atoms with Gasteiger partial charge in [-0.15, -0.1) is 0 Å². The number of hydrogen-bond acceptors (Lipinski definition) is 6. The lowest BCUT2D eigenvalue weighted by molar-refractivity contribution is 0.598. The first kappa shape index (κ1) is 11.7. The van der Waals surface area contributed by atoms with E-state index < -0.39 is 9.84 Å². The third-order valence-corrected chi connectivity index (χ3v) is 2.78. The standard InChI is InChI=1S/C8H14N4O2S/c1-6(4-15(2,13)14)12-8-7(9)3-10-5-11-8/h3,5-6H,4,9H2,1-2H3,(H,10,11,12). The molecule has 0 saturated heterocycles. The van der Waals surface area contributed by atoms with Crippen LogP contribution in [0.5, 0.6) is 0 Å². The first-order chi connectivity index (χ1) is 6.88. The Bertz CT molecular complexity index is 432. The summed E-state index contributed by atoms with van der Waals surface area (Å²) in [5.41, 5.74) is 6.00. The van der Waals surface area contributed by atoms with Crippen LogP contribution in [0.3, 0.4) is 0 Å². The summed E-state index contributed by atoms with van der Waals surface area (Å²) in [6.07, 6.45) is 4.00. The highest BCUT2D eigenvalue weighted by Gasteiger charge is 2.11. The minimum absolute atomic E-state index is 0.0381. The molecule has 6 nitrogen and oxygen atoms in total. The maximum Gasteiger partial charge on any atom is 0.152 e. The van der Waals surface area contributed by atoms with Crippen molar-refractivity contribution in [3.63, 3.8) is 0 Å². The molecule has 7 heteroatoms. The fraction of sp³-hybridized carbons (Fsp3) is 0.500. The lowest BCUT2D eigenvalue weighted by Crippen LogP contribution is -2.26. The summed E-state index contributed by atoms with van der Waals surface area (Å²) >= 11 is 0. The third kappa shape index (κ3) is 4.11. The van der Waals surface area contributed by atoms with Gasteiger partial charge in [-0.25, -0.2) is 18.4 Å². The average molecular weight is 230 g/mol. The Morgan fingerprint density at radius 1 is 1.60 bits per heavy atom. The summed E-state index contributed by atoms with van der Waals surface area (Å²) in [4.78, 5) is 7.64. The molecule has 1 unspecified atom stereocenters. The topological polar surface area (TPSA) is 98.0 Å². The van der Waals surface area contributed by atoms with Crippen LogP contribution in [-0.2, 0) is 9.84 Å². The predicted molar refractivity (Wildman–Crippen MR) is 59.2 cm³/mol. The molecule has 0 fully saturated rings. The number of nitrogen functional groups attached to an aromatic ring is 1. The van der Waals surface area contributed by atoms with Crippen molar-refractivity contribution in [3.05, 3.63) is 12.5 Å². The first-order valence-electron chi connectivity index (χ1n) is 4.38. The smallest absolute Gasteiger partial charge is 0.152 e. The second-order valence-corrected chi connectivity index (χ2v) is 5.65. The van der Waals surface area contributed by atoms with Crippen LogP contribution in [-0.4, -0.2) is 36.4 Å². The van der Waals surface area contributed by atoms with Gasteiger partial charge >= 0.3 is 0 Å². The summed E-state index contributed by atoms with van der Waals surface area (Å²) in [6.45, 7) is 1.75. The van der Waals surface area contributed by atoms with Gasteiger partial charge in [0.1, 0.15) is 16.2 Å². The van der Waals surface area contributed by atoms with Crippen molar-refractivity contribution < 1.29 is 8.42 Å². The molecule has 0 bridgehead atoms. The normalized spacial score (nSPS) is 13.5. The molecule has 1 heterocycles. The van der Waals surface area contributed by atoms with E-state index in [0.29, 0.717) is 11.5 Å². The number of hydrogen-bond donors (Lipinski definition) is 2. The van der Waals surface area contributed by atoms with E-state index in [4.69, 9.17) is 5.73 Å². The minimum atomic E-state index is -3.00. The molecule has 1 atom stereocenters. The summed E-state index contributed by atoms with van der Waals surface area (Å²) in [5, 5.41) is 2.91. The molecule has 0 saturated carbocycles. The molecule has 0 aliphatic rings. The molecule has 0 amide bonds. The minimum Gasteiger partial charge on any atom is -0.394 e. The highest BCUT2D eigenvalue weighted by Crippen LogP contribution is 2.12. The maximum absolute atomic E-state index is 11.0. The van der Waals surface area contributed by atoms with E-state index >= 15 is 0 Å². The van der Waals surface area contributed by atoms with Crippen molar-refractivity contribution in [1.82, 2.24) is 9.97 Å². The van der Waals surface area contributed by atoms with Crippen LogP contribution in [0.2, 0.25) is 0 Å². The second-order valence-electron chi connectivity index (χ2n) is 3.46. The lowest BCUT2D eigenvalue weighted by atomic mass is 10.3. The van der Waals surface area contributed by atoms with Crippen molar-refractivity contribution in [2.24, 2.45) is 0 Å². The monoisotopic (exact) mass is 230 g/mol. The van der Waals surface area contributed by atoms with Crippen molar-refractivity contribution in [1.29, 1.82) is 0 Å². The van der Waals surface area contributed by atoms with Gasteiger partial charge in [0.2, 0.25) is 0 Å². The van der Waals surface area contributed by atoms with Gasteiger partial charge in [0, 0.05) is 12.3 Å². The summed E-state index contributed by atoms with van der Waals surface area (Å²) in [6, 6.07) is -0.239. The van der Waals surface area contributed by atoms with Gasteiger partial charge in [-0.2, -0.15) is 0 Å². The van der Waals surface area contributed by atoms with Crippen LogP contribution in [0.1, 0.15) is 6.92 Å². The number of sulfone groups is 1. The Hall–Kier alpha value is -1.37. The molecular formula is C8H14N4O2S. The van der Waals surface area contributed by atoms with E-state index in [9.17, 15) is 8.42 Å². The third-order valence-electron chi connectivity index (χ3n) is 1.68. The summed E-state index contributed by atoms with van der Waals surface area (Å²) < 4.78 is 22.0. The van der Waals surface area contributed by atoms with Gasteiger partial charge in [0.05, 0.1) is 17.6 Å². The van der Waals surface area contributed by atoms with E-state index in [1.54, 1.807) is 6.92 Å². The molecule has 0 radical (unpaired) electrons.